The van der Waals surface area contributed by atoms with Crippen molar-refractivity contribution < 1.29 is 9.53 Å². The maximum absolute atomic E-state index is 11.1. The first-order valence-electron chi connectivity index (χ1n) is 4.47. The molecule has 0 saturated carbocycles. The van der Waals surface area contributed by atoms with Crippen molar-refractivity contribution in [1.29, 1.82) is 0 Å². The zero-order valence-corrected chi connectivity index (χ0v) is 7.95. The van der Waals surface area contributed by atoms with Crippen molar-refractivity contribution in [2.45, 2.75) is 6.42 Å². The highest BCUT2D eigenvalue weighted by Crippen LogP contribution is 1.96. The number of carbonyl (C=O) groups is 1. The van der Waals surface area contributed by atoms with Crippen LogP contribution in [0.3, 0.4) is 0 Å². The van der Waals surface area contributed by atoms with Gasteiger partial charge in [0.2, 0.25) is 0 Å². The van der Waals surface area contributed by atoms with Crippen LogP contribution in [0.2, 0.25) is 0 Å². The SMILES string of the molecule is C=CCCOC(=O)NC1=CNCC=C1. The van der Waals surface area contributed by atoms with Crippen LogP contribution in [0.5, 0.6) is 0 Å². The molecule has 1 aliphatic heterocycles. The number of nitrogens with one attached hydrogen (secondary N) is 2. The Kier molecular flexibility index (Phi) is 4.34. The van der Waals surface area contributed by atoms with E-state index in [1.807, 2.05) is 12.2 Å². The number of hydrogen-bond donors (Lipinski definition) is 2. The zero-order valence-electron chi connectivity index (χ0n) is 7.95. The fourth-order valence-electron chi connectivity index (χ4n) is 0.938. The van der Waals surface area contributed by atoms with Gasteiger partial charge in [0.1, 0.15) is 0 Å². The van der Waals surface area contributed by atoms with Gasteiger partial charge in [-0.2, -0.15) is 0 Å². The Hall–Kier alpha value is -1.71. The van der Waals surface area contributed by atoms with Crippen LogP contribution in [0.15, 0.2) is 36.7 Å². The lowest BCUT2D eigenvalue weighted by atomic mass is 10.3. The van der Waals surface area contributed by atoms with E-state index in [-0.39, 0.29) is 0 Å². The van der Waals surface area contributed by atoms with Crippen LogP contribution in [0.1, 0.15) is 6.42 Å². The van der Waals surface area contributed by atoms with E-state index in [1.165, 1.54) is 0 Å². The highest BCUT2D eigenvalue weighted by Gasteiger charge is 2.03. The summed E-state index contributed by atoms with van der Waals surface area (Å²) in [6, 6.07) is 0. The van der Waals surface area contributed by atoms with Crippen LogP contribution in [0, 0.1) is 0 Å². The normalized spacial score (nSPS) is 13.9. The van der Waals surface area contributed by atoms with Gasteiger partial charge in [-0.05, 0) is 12.5 Å². The number of allylic oxidation sites excluding steroid dienone is 1. The molecule has 0 atom stereocenters. The van der Waals surface area contributed by atoms with E-state index in [9.17, 15) is 4.79 Å². The third-order valence-corrected chi connectivity index (χ3v) is 1.59. The van der Waals surface area contributed by atoms with Crippen LogP contribution >= 0.6 is 0 Å². The van der Waals surface area contributed by atoms with E-state index in [0.717, 1.165) is 6.54 Å². The van der Waals surface area contributed by atoms with E-state index in [4.69, 9.17) is 4.74 Å². The predicted molar refractivity (Wildman–Crippen MR) is 54.5 cm³/mol. The highest BCUT2D eigenvalue weighted by atomic mass is 16.5. The molecule has 0 aromatic heterocycles. The molecule has 0 spiro atoms. The number of ether oxygens (including phenoxy) is 1. The fourth-order valence-corrected chi connectivity index (χ4v) is 0.938. The molecule has 1 aliphatic rings. The van der Waals surface area contributed by atoms with Gasteiger partial charge in [-0.15, -0.1) is 6.58 Å². The molecule has 0 saturated heterocycles. The summed E-state index contributed by atoms with van der Waals surface area (Å²) >= 11 is 0. The lowest BCUT2D eigenvalue weighted by Gasteiger charge is -2.10. The summed E-state index contributed by atoms with van der Waals surface area (Å²) in [7, 11) is 0. The van der Waals surface area contributed by atoms with E-state index in [1.54, 1.807) is 12.3 Å². The third kappa shape index (κ3) is 3.80. The first kappa shape index (κ1) is 10.4. The van der Waals surface area contributed by atoms with Gasteiger partial charge in [-0.3, -0.25) is 5.32 Å². The maximum Gasteiger partial charge on any atom is 0.411 e. The van der Waals surface area contributed by atoms with E-state index in [2.05, 4.69) is 17.2 Å². The topological polar surface area (TPSA) is 50.4 Å². The average molecular weight is 194 g/mol. The highest BCUT2D eigenvalue weighted by molar-refractivity contribution is 5.70. The Bertz CT molecular complexity index is 269. The molecule has 1 heterocycles. The summed E-state index contributed by atoms with van der Waals surface area (Å²) in [5.74, 6) is 0. The number of alkyl carbamates (subject to hydrolysis) is 1. The molecule has 14 heavy (non-hydrogen) atoms. The minimum Gasteiger partial charge on any atom is -0.449 e. The zero-order chi connectivity index (χ0) is 10.2. The molecule has 0 radical (unpaired) electrons. The van der Waals surface area contributed by atoms with Gasteiger partial charge in [0, 0.05) is 12.7 Å². The van der Waals surface area contributed by atoms with Crippen molar-refractivity contribution in [2.75, 3.05) is 13.2 Å². The summed E-state index contributed by atoms with van der Waals surface area (Å²) in [6.07, 6.45) is 7.40. The summed E-state index contributed by atoms with van der Waals surface area (Å²) in [4.78, 5) is 11.1. The molecule has 1 amide bonds. The van der Waals surface area contributed by atoms with Crippen molar-refractivity contribution in [3.8, 4) is 0 Å². The van der Waals surface area contributed by atoms with Gasteiger partial charge in [0.25, 0.3) is 0 Å². The fraction of sp³-hybridized carbons (Fsp3) is 0.300. The Morgan fingerprint density at radius 3 is 3.29 bits per heavy atom. The monoisotopic (exact) mass is 194 g/mol. The summed E-state index contributed by atoms with van der Waals surface area (Å²) in [6.45, 7) is 4.68. The van der Waals surface area contributed by atoms with E-state index in [0.29, 0.717) is 18.7 Å². The van der Waals surface area contributed by atoms with Crippen molar-refractivity contribution in [3.63, 3.8) is 0 Å². The number of carbonyl (C=O) groups excluding carboxylic acids is 1. The summed E-state index contributed by atoms with van der Waals surface area (Å²) in [5, 5.41) is 5.57. The Morgan fingerprint density at radius 2 is 2.64 bits per heavy atom. The predicted octanol–water partition coefficient (Wildman–Crippen LogP) is 1.29. The van der Waals surface area contributed by atoms with Gasteiger partial charge >= 0.3 is 6.09 Å². The number of rotatable bonds is 4. The smallest absolute Gasteiger partial charge is 0.411 e. The van der Waals surface area contributed by atoms with Crippen LogP contribution in [-0.2, 0) is 4.74 Å². The minimum atomic E-state index is -0.438. The molecule has 4 heteroatoms. The molecule has 4 nitrogen and oxygen atoms in total. The molecule has 0 aliphatic carbocycles. The Morgan fingerprint density at radius 1 is 1.79 bits per heavy atom. The van der Waals surface area contributed by atoms with Gasteiger partial charge in [0.05, 0.1) is 12.3 Å². The minimum absolute atomic E-state index is 0.361. The first-order valence-corrected chi connectivity index (χ1v) is 4.47. The second-order valence-electron chi connectivity index (χ2n) is 2.75. The molecular weight excluding hydrogens is 180 g/mol. The van der Waals surface area contributed by atoms with Gasteiger partial charge < -0.3 is 10.1 Å². The lowest BCUT2D eigenvalue weighted by molar-refractivity contribution is 0.151. The molecule has 0 fully saturated rings. The molecule has 1 rings (SSSR count). The van der Waals surface area contributed by atoms with E-state index < -0.39 is 6.09 Å². The number of dihydropyridines is 1. The second kappa shape index (κ2) is 5.85. The van der Waals surface area contributed by atoms with Crippen LogP contribution in [0.4, 0.5) is 4.79 Å². The van der Waals surface area contributed by atoms with Gasteiger partial charge in [0.15, 0.2) is 0 Å². The lowest BCUT2D eigenvalue weighted by Crippen LogP contribution is -2.26. The van der Waals surface area contributed by atoms with Crippen molar-refractivity contribution >= 4 is 6.09 Å². The molecular formula is C10H14N2O2. The molecule has 0 bridgehead atoms. The number of hydrogen-bond acceptors (Lipinski definition) is 3. The van der Waals surface area contributed by atoms with Crippen molar-refractivity contribution in [3.05, 3.63) is 36.7 Å². The Labute approximate surface area is 83.3 Å². The second-order valence-corrected chi connectivity index (χ2v) is 2.75. The van der Waals surface area contributed by atoms with Crippen LogP contribution in [-0.4, -0.2) is 19.2 Å². The summed E-state index contributed by atoms with van der Waals surface area (Å²) in [5.41, 5.74) is 0.708. The Balaban J connectivity index is 2.22. The van der Waals surface area contributed by atoms with Crippen molar-refractivity contribution in [2.24, 2.45) is 0 Å². The van der Waals surface area contributed by atoms with Crippen LogP contribution < -0.4 is 10.6 Å². The first-order chi connectivity index (χ1) is 6.83. The van der Waals surface area contributed by atoms with Gasteiger partial charge in [-0.25, -0.2) is 4.79 Å². The maximum atomic E-state index is 11.1. The quantitative estimate of drug-likeness (QED) is 0.523. The largest absolute Gasteiger partial charge is 0.449 e. The standard InChI is InChI=1S/C10H14N2O2/c1-2-3-7-14-10(13)12-9-5-4-6-11-8-9/h2,4-5,8,11H,1,3,6-7H2,(H,12,13). The number of amides is 1. The molecule has 76 valence electrons. The van der Waals surface area contributed by atoms with Gasteiger partial charge in [-0.1, -0.05) is 12.2 Å². The molecule has 0 aromatic rings. The average Bonchev–Trinajstić information content (AvgIpc) is 2.20. The molecule has 0 unspecified atom stereocenters. The van der Waals surface area contributed by atoms with Crippen molar-refractivity contribution in [1.82, 2.24) is 10.6 Å². The van der Waals surface area contributed by atoms with E-state index >= 15 is 0 Å². The summed E-state index contributed by atoms with van der Waals surface area (Å²) < 4.78 is 4.86. The third-order valence-electron chi connectivity index (χ3n) is 1.59. The van der Waals surface area contributed by atoms with Crippen LogP contribution in [0.25, 0.3) is 0 Å². The molecule has 2 N–H and O–H groups in total. The molecule has 0 aromatic carbocycles.